The van der Waals surface area contributed by atoms with E-state index in [9.17, 15) is 9.90 Å². The third-order valence-corrected chi connectivity index (χ3v) is 6.34. The summed E-state index contributed by atoms with van der Waals surface area (Å²) >= 11 is 0. The molecule has 3 aromatic carbocycles. The van der Waals surface area contributed by atoms with Gasteiger partial charge in [-0.25, -0.2) is 0 Å². The van der Waals surface area contributed by atoms with Gasteiger partial charge in [-0.05, 0) is 48.7 Å². The van der Waals surface area contributed by atoms with Crippen molar-refractivity contribution in [3.05, 3.63) is 95.6 Å². The van der Waals surface area contributed by atoms with Gasteiger partial charge in [-0.15, -0.1) is 0 Å². The summed E-state index contributed by atoms with van der Waals surface area (Å²) in [6.07, 6.45) is 1.60. The zero-order chi connectivity index (χ0) is 23.2. The Labute approximate surface area is 196 Å². The van der Waals surface area contributed by atoms with Crippen LogP contribution in [-0.4, -0.2) is 43.2 Å². The highest BCUT2D eigenvalue weighted by Gasteiger charge is 2.32. The number of para-hydroxylation sites is 1. The Kier molecular flexibility index (Phi) is 7.30. The molecule has 2 unspecified atom stereocenters. The lowest BCUT2D eigenvalue weighted by molar-refractivity contribution is -0.143. The van der Waals surface area contributed by atoms with Gasteiger partial charge in [0.25, 0.3) is 0 Å². The Morgan fingerprint density at radius 2 is 1.73 bits per heavy atom. The number of carboxylic acid groups (broad SMARTS) is 1. The van der Waals surface area contributed by atoms with Crippen LogP contribution in [0.1, 0.15) is 35.6 Å². The average Bonchev–Trinajstić information content (AvgIpc) is 2.85. The molecule has 0 bridgehead atoms. The van der Waals surface area contributed by atoms with Crippen molar-refractivity contribution >= 4 is 11.7 Å². The number of nitrogens with zero attached hydrogens (tertiary/aromatic N) is 2. The second-order valence-corrected chi connectivity index (χ2v) is 8.87. The van der Waals surface area contributed by atoms with Crippen LogP contribution in [-0.2, 0) is 11.4 Å². The first-order chi connectivity index (χ1) is 16.0. The molecule has 0 amide bonds. The molecule has 172 valence electrons. The van der Waals surface area contributed by atoms with Crippen LogP contribution in [0.4, 0.5) is 5.69 Å². The summed E-state index contributed by atoms with van der Waals surface area (Å²) in [5.74, 6) is -0.227. The van der Waals surface area contributed by atoms with Gasteiger partial charge in [-0.3, -0.25) is 9.69 Å². The van der Waals surface area contributed by atoms with Crippen molar-refractivity contribution in [2.24, 2.45) is 5.92 Å². The van der Waals surface area contributed by atoms with Gasteiger partial charge in [0.2, 0.25) is 0 Å². The highest BCUT2D eigenvalue weighted by Crippen LogP contribution is 2.38. The maximum atomic E-state index is 11.8. The Morgan fingerprint density at radius 1 is 1.03 bits per heavy atom. The number of carbonyl (C=O) groups is 1. The summed E-state index contributed by atoms with van der Waals surface area (Å²) in [4.78, 5) is 16.2. The summed E-state index contributed by atoms with van der Waals surface area (Å²) in [6.45, 7) is 1.88. The Bertz CT molecular complexity index is 1050. The summed E-state index contributed by atoms with van der Waals surface area (Å²) in [5.41, 5.74) is 4.45. The SMILES string of the molecule is CN(C)c1ccc(C(c2ccccc2OCc2ccccc2)N2CCCC(C(=O)O)C2)cc1. The van der Waals surface area contributed by atoms with Gasteiger partial charge in [0.1, 0.15) is 12.4 Å². The fourth-order valence-corrected chi connectivity index (χ4v) is 4.56. The molecule has 3 aromatic rings. The lowest BCUT2D eigenvalue weighted by atomic mass is 9.91. The Balaban J connectivity index is 1.69. The fraction of sp³-hybridized carbons (Fsp3) is 0.321. The normalized spacial score (nSPS) is 17.3. The van der Waals surface area contributed by atoms with Crippen molar-refractivity contribution < 1.29 is 14.6 Å². The van der Waals surface area contributed by atoms with E-state index in [1.807, 2.05) is 50.5 Å². The molecule has 5 nitrogen and oxygen atoms in total. The quantitative estimate of drug-likeness (QED) is 0.516. The van der Waals surface area contributed by atoms with E-state index in [2.05, 4.69) is 52.3 Å². The smallest absolute Gasteiger partial charge is 0.307 e. The van der Waals surface area contributed by atoms with E-state index in [1.54, 1.807) is 0 Å². The van der Waals surface area contributed by atoms with Crippen molar-refractivity contribution in [2.45, 2.75) is 25.5 Å². The van der Waals surface area contributed by atoms with Crippen LogP contribution >= 0.6 is 0 Å². The maximum Gasteiger partial charge on any atom is 0.307 e. The number of hydrogen-bond donors (Lipinski definition) is 1. The standard InChI is InChI=1S/C28H32N2O3/c1-29(2)24-16-14-22(15-17-24)27(30-18-8-11-23(19-30)28(31)32)25-12-6-7-13-26(25)33-20-21-9-4-3-5-10-21/h3-7,9-10,12-17,23,27H,8,11,18-20H2,1-2H3,(H,31,32). The first kappa shape index (κ1) is 22.9. The summed E-state index contributed by atoms with van der Waals surface area (Å²) in [6, 6.07) is 26.8. The van der Waals surface area contributed by atoms with E-state index in [4.69, 9.17) is 4.74 Å². The molecule has 1 N–H and O–H groups in total. The summed E-state index contributed by atoms with van der Waals surface area (Å²) in [7, 11) is 4.06. The van der Waals surface area contributed by atoms with Crippen LogP contribution in [0.25, 0.3) is 0 Å². The molecule has 0 saturated carbocycles. The Morgan fingerprint density at radius 3 is 2.42 bits per heavy atom. The van der Waals surface area contributed by atoms with Crippen LogP contribution in [0, 0.1) is 5.92 Å². The van der Waals surface area contributed by atoms with Crippen LogP contribution in [0.3, 0.4) is 0 Å². The van der Waals surface area contributed by atoms with Crippen LogP contribution in [0.5, 0.6) is 5.75 Å². The predicted molar refractivity (Wildman–Crippen MR) is 132 cm³/mol. The first-order valence-corrected chi connectivity index (χ1v) is 11.5. The van der Waals surface area contributed by atoms with Gasteiger partial charge in [0, 0.05) is 31.9 Å². The molecular formula is C28H32N2O3. The molecule has 33 heavy (non-hydrogen) atoms. The van der Waals surface area contributed by atoms with Crippen molar-refractivity contribution in [2.75, 3.05) is 32.1 Å². The number of rotatable bonds is 8. The predicted octanol–water partition coefficient (Wildman–Crippen LogP) is 5.22. The molecule has 1 heterocycles. The lowest BCUT2D eigenvalue weighted by Crippen LogP contribution is -2.41. The second kappa shape index (κ2) is 10.5. The number of benzene rings is 3. The molecule has 1 aliphatic rings. The second-order valence-electron chi connectivity index (χ2n) is 8.87. The van der Waals surface area contributed by atoms with E-state index in [0.29, 0.717) is 13.2 Å². The summed E-state index contributed by atoms with van der Waals surface area (Å²) < 4.78 is 6.30. The first-order valence-electron chi connectivity index (χ1n) is 11.5. The minimum atomic E-state index is -0.713. The summed E-state index contributed by atoms with van der Waals surface area (Å²) in [5, 5.41) is 9.68. The zero-order valence-corrected chi connectivity index (χ0v) is 19.4. The van der Waals surface area contributed by atoms with E-state index < -0.39 is 5.97 Å². The fourth-order valence-electron chi connectivity index (χ4n) is 4.56. The van der Waals surface area contributed by atoms with E-state index in [-0.39, 0.29) is 12.0 Å². The maximum absolute atomic E-state index is 11.8. The largest absolute Gasteiger partial charge is 0.489 e. The van der Waals surface area contributed by atoms with Gasteiger partial charge in [-0.2, -0.15) is 0 Å². The highest BCUT2D eigenvalue weighted by molar-refractivity contribution is 5.70. The molecule has 2 atom stereocenters. The molecule has 0 radical (unpaired) electrons. The number of carboxylic acids is 1. The lowest BCUT2D eigenvalue weighted by Gasteiger charge is -2.38. The van der Waals surface area contributed by atoms with Crippen LogP contribution < -0.4 is 9.64 Å². The van der Waals surface area contributed by atoms with Gasteiger partial charge < -0.3 is 14.7 Å². The van der Waals surface area contributed by atoms with Gasteiger partial charge in [-0.1, -0.05) is 60.7 Å². The van der Waals surface area contributed by atoms with Gasteiger partial charge in [0.05, 0.1) is 12.0 Å². The zero-order valence-electron chi connectivity index (χ0n) is 19.4. The highest BCUT2D eigenvalue weighted by atomic mass is 16.5. The topological polar surface area (TPSA) is 53.0 Å². The number of aliphatic carboxylic acids is 1. The number of hydrogen-bond acceptors (Lipinski definition) is 4. The van der Waals surface area contributed by atoms with Crippen LogP contribution in [0.2, 0.25) is 0 Å². The van der Waals surface area contributed by atoms with Crippen molar-refractivity contribution in [3.63, 3.8) is 0 Å². The number of ether oxygens (including phenoxy) is 1. The minimum absolute atomic E-state index is 0.0738. The van der Waals surface area contributed by atoms with E-state index in [0.717, 1.165) is 47.5 Å². The molecule has 1 aliphatic heterocycles. The molecule has 0 aliphatic carbocycles. The third kappa shape index (κ3) is 5.55. The number of likely N-dealkylation sites (tertiary alicyclic amines) is 1. The van der Waals surface area contributed by atoms with Gasteiger partial charge >= 0.3 is 5.97 Å². The molecule has 5 heteroatoms. The van der Waals surface area contributed by atoms with Crippen molar-refractivity contribution in [1.82, 2.24) is 4.90 Å². The van der Waals surface area contributed by atoms with Crippen molar-refractivity contribution in [3.8, 4) is 5.75 Å². The monoisotopic (exact) mass is 444 g/mol. The van der Waals surface area contributed by atoms with Crippen molar-refractivity contribution in [1.29, 1.82) is 0 Å². The molecule has 1 fully saturated rings. The van der Waals surface area contributed by atoms with E-state index >= 15 is 0 Å². The van der Waals surface area contributed by atoms with Crippen LogP contribution in [0.15, 0.2) is 78.9 Å². The number of anilines is 1. The Hall–Kier alpha value is -3.31. The third-order valence-electron chi connectivity index (χ3n) is 6.34. The molecular weight excluding hydrogens is 412 g/mol. The molecule has 4 rings (SSSR count). The molecule has 1 saturated heterocycles. The molecule has 0 aromatic heterocycles. The van der Waals surface area contributed by atoms with E-state index in [1.165, 1.54) is 0 Å². The number of piperidine rings is 1. The minimum Gasteiger partial charge on any atom is -0.489 e. The molecule has 0 spiro atoms. The average molecular weight is 445 g/mol. The van der Waals surface area contributed by atoms with Gasteiger partial charge in [0.15, 0.2) is 0 Å².